The number of thiazole rings is 1. The maximum Gasteiger partial charge on any atom is 0.262 e. The highest BCUT2D eigenvalue weighted by atomic mass is 32.2. The number of rotatable bonds is 7. The van der Waals surface area contributed by atoms with Crippen molar-refractivity contribution in [3.8, 4) is 0 Å². The van der Waals surface area contributed by atoms with Crippen LogP contribution in [-0.4, -0.2) is 34.2 Å². The van der Waals surface area contributed by atoms with Gasteiger partial charge in [0.1, 0.15) is 12.4 Å². The number of carbonyl (C=O) groups is 3. The lowest BCUT2D eigenvalue weighted by molar-refractivity contribution is -0.116. The van der Waals surface area contributed by atoms with Gasteiger partial charge in [0.2, 0.25) is 5.91 Å². The van der Waals surface area contributed by atoms with Gasteiger partial charge in [-0.25, -0.2) is 9.37 Å². The third-order valence-electron chi connectivity index (χ3n) is 4.41. The van der Waals surface area contributed by atoms with Crippen molar-refractivity contribution >= 4 is 46.0 Å². The number of amides is 3. The number of imide groups is 1. The Morgan fingerprint density at radius 2 is 1.70 bits per heavy atom. The minimum atomic E-state index is -0.482. The van der Waals surface area contributed by atoms with Crippen molar-refractivity contribution in [3.05, 3.63) is 82.1 Å². The highest BCUT2D eigenvalue weighted by Gasteiger charge is 2.36. The zero-order chi connectivity index (χ0) is 21.1. The maximum atomic E-state index is 12.9. The number of anilines is 1. The summed E-state index contributed by atoms with van der Waals surface area (Å²) in [6.45, 7) is -0.361. The second kappa shape index (κ2) is 8.76. The first kappa shape index (κ1) is 20.2. The number of hydrogen-bond acceptors (Lipinski definition) is 6. The van der Waals surface area contributed by atoms with Crippen LogP contribution in [0.15, 0.2) is 53.9 Å². The third-order valence-corrected chi connectivity index (χ3v) is 6.25. The van der Waals surface area contributed by atoms with E-state index in [1.54, 1.807) is 48.2 Å². The smallest absolute Gasteiger partial charge is 0.262 e. The Hall–Kier alpha value is -3.04. The van der Waals surface area contributed by atoms with Crippen LogP contribution in [0.4, 0.5) is 9.52 Å². The van der Waals surface area contributed by atoms with Gasteiger partial charge in [-0.1, -0.05) is 24.3 Å². The van der Waals surface area contributed by atoms with E-state index in [4.69, 9.17) is 0 Å². The number of carbonyl (C=O) groups excluding carboxylic acids is 3. The van der Waals surface area contributed by atoms with E-state index in [-0.39, 0.29) is 12.4 Å². The normalized spacial score (nSPS) is 12.9. The first-order chi connectivity index (χ1) is 14.5. The molecule has 0 atom stereocenters. The number of halogens is 1. The van der Waals surface area contributed by atoms with Gasteiger partial charge in [-0.05, 0) is 29.8 Å². The van der Waals surface area contributed by atoms with Crippen molar-refractivity contribution in [2.75, 3.05) is 11.9 Å². The molecule has 1 aliphatic heterocycles. The molecule has 9 heteroatoms. The molecule has 152 valence electrons. The molecule has 1 aromatic heterocycles. The van der Waals surface area contributed by atoms with E-state index >= 15 is 0 Å². The number of nitrogens with one attached hydrogen (secondary N) is 1. The molecule has 4 rings (SSSR count). The molecule has 2 aromatic carbocycles. The molecular formula is C21H16FN3O3S2. The molecule has 30 heavy (non-hydrogen) atoms. The van der Waals surface area contributed by atoms with Crippen molar-refractivity contribution in [3.63, 3.8) is 0 Å². The summed E-state index contributed by atoms with van der Waals surface area (Å²) < 4.78 is 12.9. The molecule has 1 aliphatic rings. The van der Waals surface area contributed by atoms with Crippen molar-refractivity contribution < 1.29 is 18.8 Å². The van der Waals surface area contributed by atoms with Crippen LogP contribution in [0, 0.1) is 5.82 Å². The molecule has 6 nitrogen and oxygen atoms in total. The van der Waals surface area contributed by atoms with E-state index in [1.807, 2.05) is 5.38 Å². The fourth-order valence-electron chi connectivity index (χ4n) is 2.97. The van der Waals surface area contributed by atoms with E-state index in [0.717, 1.165) is 21.9 Å². The molecule has 1 N–H and O–H groups in total. The van der Waals surface area contributed by atoms with Gasteiger partial charge >= 0.3 is 0 Å². The number of hydrogen-bond donors (Lipinski definition) is 1. The van der Waals surface area contributed by atoms with E-state index in [2.05, 4.69) is 10.3 Å². The van der Waals surface area contributed by atoms with E-state index in [9.17, 15) is 18.8 Å². The fourth-order valence-corrected chi connectivity index (χ4v) is 4.69. The van der Waals surface area contributed by atoms with Gasteiger partial charge in [0.05, 0.1) is 16.8 Å². The molecule has 0 fully saturated rings. The average Bonchev–Trinajstić information content (AvgIpc) is 3.28. The Morgan fingerprint density at radius 1 is 1.03 bits per heavy atom. The Kier molecular flexibility index (Phi) is 5.91. The van der Waals surface area contributed by atoms with E-state index < -0.39 is 17.7 Å². The van der Waals surface area contributed by atoms with Gasteiger partial charge in [0.25, 0.3) is 11.8 Å². The molecular weight excluding hydrogens is 425 g/mol. The van der Waals surface area contributed by atoms with Crippen molar-refractivity contribution in [2.45, 2.75) is 11.5 Å². The summed E-state index contributed by atoms with van der Waals surface area (Å²) in [7, 11) is 0. The van der Waals surface area contributed by atoms with Crippen LogP contribution < -0.4 is 5.32 Å². The van der Waals surface area contributed by atoms with Crippen LogP contribution in [0.2, 0.25) is 0 Å². The van der Waals surface area contributed by atoms with Gasteiger partial charge in [0.15, 0.2) is 5.13 Å². The first-order valence-electron chi connectivity index (χ1n) is 9.03. The Bertz CT molecular complexity index is 1080. The zero-order valence-electron chi connectivity index (χ0n) is 15.6. The number of benzene rings is 2. The number of fused-ring (bicyclic) bond motifs is 1. The maximum absolute atomic E-state index is 12.9. The molecule has 0 saturated carbocycles. The monoisotopic (exact) mass is 441 g/mol. The van der Waals surface area contributed by atoms with Gasteiger partial charge in [0, 0.05) is 16.9 Å². The fraction of sp³-hybridized carbons (Fsp3) is 0.143. The molecule has 0 saturated heterocycles. The molecule has 0 unspecified atom stereocenters. The van der Waals surface area contributed by atoms with Crippen molar-refractivity contribution in [1.29, 1.82) is 0 Å². The summed E-state index contributed by atoms with van der Waals surface area (Å²) in [6.07, 6.45) is 0. The quantitative estimate of drug-likeness (QED) is 0.562. The summed E-state index contributed by atoms with van der Waals surface area (Å²) in [4.78, 5) is 42.3. The minimum Gasteiger partial charge on any atom is -0.300 e. The lowest BCUT2D eigenvalue weighted by atomic mass is 10.1. The predicted octanol–water partition coefficient (Wildman–Crippen LogP) is 3.95. The van der Waals surface area contributed by atoms with Crippen LogP contribution in [0.5, 0.6) is 0 Å². The van der Waals surface area contributed by atoms with Crippen LogP contribution in [-0.2, 0) is 16.3 Å². The largest absolute Gasteiger partial charge is 0.300 e. The summed E-state index contributed by atoms with van der Waals surface area (Å²) in [5, 5.41) is 4.90. The summed E-state index contributed by atoms with van der Waals surface area (Å²) in [5.74, 6) is -0.318. The summed E-state index contributed by atoms with van der Waals surface area (Å²) in [6, 6.07) is 12.9. The van der Waals surface area contributed by atoms with Crippen LogP contribution in [0.3, 0.4) is 0 Å². The lowest BCUT2D eigenvalue weighted by Crippen LogP contribution is -2.37. The molecule has 2 heterocycles. The summed E-state index contributed by atoms with van der Waals surface area (Å²) >= 11 is 2.91. The third kappa shape index (κ3) is 4.42. The van der Waals surface area contributed by atoms with Crippen molar-refractivity contribution in [2.24, 2.45) is 0 Å². The SMILES string of the molecule is O=C(CN1C(=O)c2ccccc2C1=O)Nc1nc(CSCc2ccc(F)cc2)cs1. The van der Waals surface area contributed by atoms with Gasteiger partial charge in [-0.15, -0.1) is 11.3 Å². The molecule has 0 aliphatic carbocycles. The number of thioether (sulfide) groups is 1. The topological polar surface area (TPSA) is 79.4 Å². The van der Waals surface area contributed by atoms with Crippen LogP contribution >= 0.6 is 23.1 Å². The Labute approximate surface area is 180 Å². The Morgan fingerprint density at radius 3 is 2.37 bits per heavy atom. The lowest BCUT2D eigenvalue weighted by Gasteiger charge is -2.12. The number of aromatic nitrogens is 1. The second-order valence-electron chi connectivity index (χ2n) is 6.55. The summed E-state index contributed by atoms with van der Waals surface area (Å²) in [5.41, 5.74) is 2.45. The van der Waals surface area contributed by atoms with Crippen LogP contribution in [0.1, 0.15) is 32.0 Å². The van der Waals surface area contributed by atoms with E-state index in [0.29, 0.717) is 22.0 Å². The predicted molar refractivity (Wildman–Crippen MR) is 114 cm³/mol. The standard InChI is InChI=1S/C21H16FN3O3S2/c22-14-7-5-13(6-8-14)10-29-11-15-12-30-21(23-15)24-18(26)9-25-19(27)16-3-1-2-4-17(16)20(25)28/h1-8,12H,9-11H2,(H,23,24,26). The minimum absolute atomic E-state index is 0.259. The van der Waals surface area contributed by atoms with Crippen LogP contribution in [0.25, 0.3) is 0 Å². The second-order valence-corrected chi connectivity index (χ2v) is 8.40. The van der Waals surface area contributed by atoms with Gasteiger partial charge in [-0.3, -0.25) is 19.3 Å². The average molecular weight is 442 g/mol. The molecule has 0 radical (unpaired) electrons. The van der Waals surface area contributed by atoms with E-state index in [1.165, 1.54) is 23.5 Å². The van der Waals surface area contributed by atoms with Gasteiger partial charge in [-0.2, -0.15) is 11.8 Å². The van der Waals surface area contributed by atoms with Crippen molar-refractivity contribution in [1.82, 2.24) is 9.88 Å². The van der Waals surface area contributed by atoms with Gasteiger partial charge < -0.3 is 5.32 Å². The highest BCUT2D eigenvalue weighted by molar-refractivity contribution is 7.97. The first-order valence-corrected chi connectivity index (χ1v) is 11.1. The number of nitrogens with zero attached hydrogens (tertiary/aromatic N) is 2. The Balaban J connectivity index is 1.28. The molecule has 3 amide bonds. The molecule has 3 aromatic rings. The zero-order valence-corrected chi connectivity index (χ0v) is 17.3. The molecule has 0 spiro atoms. The molecule has 0 bridgehead atoms. The highest BCUT2D eigenvalue weighted by Crippen LogP contribution is 2.24.